The quantitative estimate of drug-likeness (QED) is 0.343. The first-order valence-electron chi connectivity index (χ1n) is 5.14. The highest BCUT2D eigenvalue weighted by Gasteiger charge is 1.99. The van der Waals surface area contributed by atoms with Gasteiger partial charge < -0.3 is 9.47 Å². The van der Waals surface area contributed by atoms with E-state index in [4.69, 9.17) is 4.74 Å². The first kappa shape index (κ1) is 13.0. The summed E-state index contributed by atoms with van der Waals surface area (Å²) < 4.78 is 9.79. The molecule has 1 aromatic carbocycles. The van der Waals surface area contributed by atoms with Crippen LogP contribution >= 0.6 is 0 Å². The van der Waals surface area contributed by atoms with Crippen LogP contribution in [-0.4, -0.2) is 19.7 Å². The number of carbonyl (C=O) groups excluding carboxylic acids is 1. The molecule has 0 fully saturated rings. The van der Waals surface area contributed by atoms with Crippen molar-refractivity contribution in [2.24, 2.45) is 0 Å². The van der Waals surface area contributed by atoms with Gasteiger partial charge in [-0.25, -0.2) is 4.79 Å². The molecule has 0 unspecified atom stereocenters. The summed E-state index contributed by atoms with van der Waals surface area (Å²) in [7, 11) is 1.30. The maximum Gasteiger partial charge on any atom is 0.384 e. The van der Waals surface area contributed by atoms with Crippen molar-refractivity contribution >= 4 is 5.97 Å². The van der Waals surface area contributed by atoms with Gasteiger partial charge in [-0.2, -0.15) is 0 Å². The van der Waals surface area contributed by atoms with E-state index in [0.717, 1.165) is 11.1 Å². The van der Waals surface area contributed by atoms with Crippen molar-refractivity contribution in [1.82, 2.24) is 0 Å². The normalized spacial score (nSPS) is 9.00. The molecule has 17 heavy (non-hydrogen) atoms. The summed E-state index contributed by atoms with van der Waals surface area (Å²) in [6.45, 7) is 4.50. The van der Waals surface area contributed by atoms with Crippen LogP contribution in [0.2, 0.25) is 0 Å². The van der Waals surface area contributed by atoms with E-state index >= 15 is 0 Å². The molecule has 0 aliphatic carbocycles. The minimum absolute atomic E-state index is 0.443. The van der Waals surface area contributed by atoms with Crippen molar-refractivity contribution < 1.29 is 14.3 Å². The van der Waals surface area contributed by atoms with Gasteiger partial charge in [0.15, 0.2) is 0 Å². The zero-order valence-corrected chi connectivity index (χ0v) is 9.73. The second-order valence-corrected chi connectivity index (χ2v) is 3.20. The second-order valence-electron chi connectivity index (χ2n) is 3.20. The molecular weight excluding hydrogens is 216 g/mol. The van der Waals surface area contributed by atoms with E-state index in [-0.39, 0.29) is 0 Å². The van der Waals surface area contributed by atoms with Gasteiger partial charge >= 0.3 is 5.97 Å². The maximum atomic E-state index is 10.9. The van der Waals surface area contributed by atoms with Crippen LogP contribution in [0.1, 0.15) is 11.1 Å². The molecule has 0 aliphatic heterocycles. The van der Waals surface area contributed by atoms with E-state index in [0.29, 0.717) is 13.2 Å². The molecule has 0 atom stereocenters. The largest absolute Gasteiger partial charge is 0.459 e. The number of rotatable bonds is 4. The minimum atomic E-state index is -0.549. The molecule has 0 saturated heterocycles. The molecule has 0 aromatic heterocycles. The molecule has 3 heteroatoms. The molecule has 3 nitrogen and oxygen atoms in total. The topological polar surface area (TPSA) is 35.5 Å². The number of methoxy groups -OCH3 is 1. The molecule has 0 spiro atoms. The summed E-state index contributed by atoms with van der Waals surface area (Å²) >= 11 is 0. The van der Waals surface area contributed by atoms with Crippen molar-refractivity contribution in [1.29, 1.82) is 0 Å². The first-order valence-corrected chi connectivity index (χ1v) is 5.14. The molecule has 0 bridgehead atoms. The highest BCUT2D eigenvalue weighted by molar-refractivity contribution is 5.89. The molecule has 88 valence electrons. The molecule has 0 aliphatic rings. The molecule has 0 saturated carbocycles. The van der Waals surface area contributed by atoms with Crippen molar-refractivity contribution in [3.05, 3.63) is 48.0 Å². The van der Waals surface area contributed by atoms with Crippen LogP contribution in [0, 0.1) is 11.8 Å². The molecular formula is C14H14O3. The van der Waals surface area contributed by atoms with Crippen molar-refractivity contribution in [2.45, 2.75) is 6.61 Å². The van der Waals surface area contributed by atoms with Gasteiger partial charge in [-0.15, -0.1) is 6.58 Å². The van der Waals surface area contributed by atoms with E-state index in [9.17, 15) is 4.79 Å². The third-order valence-corrected chi connectivity index (χ3v) is 2.00. The van der Waals surface area contributed by atoms with Gasteiger partial charge in [0.05, 0.1) is 20.3 Å². The predicted octanol–water partition coefficient (Wildman–Crippen LogP) is 1.91. The maximum absolute atomic E-state index is 10.9. The molecule has 0 N–H and O–H groups in total. The lowest BCUT2D eigenvalue weighted by molar-refractivity contribution is -0.133. The van der Waals surface area contributed by atoms with Gasteiger partial charge in [0.1, 0.15) is 0 Å². The first-order chi connectivity index (χ1) is 8.27. The second kappa shape index (κ2) is 7.26. The van der Waals surface area contributed by atoms with E-state index in [1.54, 1.807) is 6.08 Å². The van der Waals surface area contributed by atoms with Crippen LogP contribution < -0.4 is 0 Å². The number of carbonyl (C=O) groups is 1. The predicted molar refractivity (Wildman–Crippen MR) is 65.2 cm³/mol. The number of hydrogen-bond donors (Lipinski definition) is 0. The molecule has 0 amide bonds. The Morgan fingerprint density at radius 2 is 2.24 bits per heavy atom. The molecule has 0 radical (unpaired) electrons. The Bertz CT molecular complexity index is 452. The average Bonchev–Trinajstić information content (AvgIpc) is 2.37. The Labute approximate surface area is 101 Å². The minimum Gasteiger partial charge on any atom is -0.459 e. The van der Waals surface area contributed by atoms with Crippen molar-refractivity contribution in [3.63, 3.8) is 0 Å². The molecule has 1 aromatic rings. The van der Waals surface area contributed by atoms with Crippen LogP contribution in [0.4, 0.5) is 0 Å². The number of benzene rings is 1. The summed E-state index contributed by atoms with van der Waals surface area (Å²) in [5.41, 5.74) is 1.70. The van der Waals surface area contributed by atoms with Gasteiger partial charge in [-0.1, -0.05) is 30.2 Å². The SMILES string of the molecule is C=CCOCc1ccccc1C#CC(=O)OC. The summed E-state index contributed by atoms with van der Waals surface area (Å²) in [5.74, 6) is 4.60. The van der Waals surface area contributed by atoms with Crippen molar-refractivity contribution in [3.8, 4) is 11.8 Å². The van der Waals surface area contributed by atoms with Crippen LogP contribution in [0.15, 0.2) is 36.9 Å². The molecule has 0 heterocycles. The standard InChI is InChI=1S/C14H14O3/c1-3-10-17-11-13-7-5-4-6-12(13)8-9-14(15)16-2/h3-7H,1,10-11H2,2H3. The fraction of sp³-hybridized carbons (Fsp3) is 0.214. The van der Waals surface area contributed by atoms with Gasteiger partial charge in [0.2, 0.25) is 0 Å². The highest BCUT2D eigenvalue weighted by atomic mass is 16.5. The Morgan fingerprint density at radius 1 is 1.47 bits per heavy atom. The fourth-order valence-corrected chi connectivity index (χ4v) is 1.19. The van der Waals surface area contributed by atoms with Crippen LogP contribution in [-0.2, 0) is 20.9 Å². The number of ether oxygens (including phenoxy) is 2. The Kier molecular flexibility index (Phi) is 5.56. The Balaban J connectivity index is 2.79. The lowest BCUT2D eigenvalue weighted by atomic mass is 10.1. The zero-order chi connectivity index (χ0) is 12.5. The van der Waals surface area contributed by atoms with Crippen molar-refractivity contribution in [2.75, 3.05) is 13.7 Å². The van der Waals surface area contributed by atoms with Gasteiger partial charge in [0.25, 0.3) is 0 Å². The molecule has 1 rings (SSSR count). The van der Waals surface area contributed by atoms with Gasteiger partial charge in [0, 0.05) is 11.5 Å². The summed E-state index contributed by atoms with van der Waals surface area (Å²) in [4.78, 5) is 10.9. The lowest BCUT2D eigenvalue weighted by Crippen LogP contribution is -1.97. The zero-order valence-electron chi connectivity index (χ0n) is 9.73. The number of hydrogen-bond acceptors (Lipinski definition) is 3. The smallest absolute Gasteiger partial charge is 0.384 e. The number of esters is 1. The summed E-state index contributed by atoms with van der Waals surface area (Å²) in [5, 5.41) is 0. The summed E-state index contributed by atoms with van der Waals surface area (Å²) in [6, 6.07) is 7.50. The lowest BCUT2D eigenvalue weighted by Gasteiger charge is -2.03. The third kappa shape index (κ3) is 4.54. The Morgan fingerprint density at radius 3 is 2.94 bits per heavy atom. The van der Waals surface area contributed by atoms with E-state index in [2.05, 4.69) is 23.2 Å². The van der Waals surface area contributed by atoms with Crippen LogP contribution in [0.3, 0.4) is 0 Å². The van der Waals surface area contributed by atoms with Gasteiger partial charge in [-0.05, 0) is 11.6 Å². The highest BCUT2D eigenvalue weighted by Crippen LogP contribution is 2.08. The van der Waals surface area contributed by atoms with Crippen LogP contribution in [0.25, 0.3) is 0 Å². The summed E-state index contributed by atoms with van der Waals surface area (Å²) in [6.07, 6.45) is 1.68. The van der Waals surface area contributed by atoms with Gasteiger partial charge in [-0.3, -0.25) is 0 Å². The van der Waals surface area contributed by atoms with E-state index in [1.165, 1.54) is 7.11 Å². The third-order valence-electron chi connectivity index (χ3n) is 2.00. The van der Waals surface area contributed by atoms with E-state index < -0.39 is 5.97 Å². The fourth-order valence-electron chi connectivity index (χ4n) is 1.19. The average molecular weight is 230 g/mol. The van der Waals surface area contributed by atoms with E-state index in [1.807, 2.05) is 24.3 Å². The Hall–Kier alpha value is -2.05. The monoisotopic (exact) mass is 230 g/mol. The van der Waals surface area contributed by atoms with Crippen LogP contribution in [0.5, 0.6) is 0 Å².